The summed E-state index contributed by atoms with van der Waals surface area (Å²) >= 11 is 2.14. The van der Waals surface area contributed by atoms with Crippen LogP contribution in [0.3, 0.4) is 0 Å². The smallest absolute Gasteiger partial charge is 0.269 e. The summed E-state index contributed by atoms with van der Waals surface area (Å²) in [4.78, 5) is 13.6. The molecule has 1 aromatic rings. The molecular weight excluding hydrogens is 332 g/mol. The molecule has 1 aromatic carbocycles. The van der Waals surface area contributed by atoms with E-state index in [1.165, 1.54) is 62.7 Å². The van der Waals surface area contributed by atoms with Crippen LogP contribution in [0.5, 0.6) is 0 Å². The lowest BCUT2D eigenvalue weighted by Crippen LogP contribution is -2.52. The molecule has 1 unspecified atom stereocenters. The van der Waals surface area contributed by atoms with Gasteiger partial charge in [0.05, 0.1) is 10.3 Å². The quantitative estimate of drug-likeness (QED) is 0.555. The van der Waals surface area contributed by atoms with E-state index in [0.29, 0.717) is 10.9 Å². The van der Waals surface area contributed by atoms with Gasteiger partial charge in [-0.2, -0.15) is 0 Å². The molecule has 136 valence electrons. The molecular formula is C20H28N2O2S. The Kier molecular flexibility index (Phi) is 4.80. The van der Waals surface area contributed by atoms with Crippen LogP contribution in [0.15, 0.2) is 18.2 Å². The van der Waals surface area contributed by atoms with E-state index in [-0.39, 0.29) is 10.6 Å². The molecule has 2 aliphatic carbocycles. The molecule has 4 rings (SSSR count). The Labute approximate surface area is 154 Å². The fourth-order valence-electron chi connectivity index (χ4n) is 5.32. The second kappa shape index (κ2) is 6.92. The van der Waals surface area contributed by atoms with Gasteiger partial charge in [-0.3, -0.25) is 15.0 Å². The maximum atomic E-state index is 11.0. The average molecular weight is 361 g/mol. The summed E-state index contributed by atoms with van der Waals surface area (Å²) in [6.45, 7) is 2.02. The fourth-order valence-corrected chi connectivity index (χ4v) is 7.11. The highest BCUT2D eigenvalue weighted by Crippen LogP contribution is 2.50. The number of nitro benzene ring substituents is 1. The Hall–Kier alpha value is -1.07. The summed E-state index contributed by atoms with van der Waals surface area (Å²) < 4.78 is 0. The van der Waals surface area contributed by atoms with Gasteiger partial charge in [-0.05, 0) is 50.2 Å². The summed E-state index contributed by atoms with van der Waals surface area (Å²) in [5.41, 5.74) is 2.99. The molecule has 5 heteroatoms. The second-order valence-corrected chi connectivity index (χ2v) is 9.28. The van der Waals surface area contributed by atoms with Gasteiger partial charge in [0.15, 0.2) is 0 Å². The summed E-state index contributed by atoms with van der Waals surface area (Å²) in [5.74, 6) is 1.28. The first kappa shape index (κ1) is 17.3. The van der Waals surface area contributed by atoms with Gasteiger partial charge in [-0.1, -0.05) is 31.7 Å². The topological polar surface area (TPSA) is 46.4 Å². The Bertz CT molecular complexity index is 651. The van der Waals surface area contributed by atoms with Gasteiger partial charge in [0.25, 0.3) is 5.69 Å². The predicted molar refractivity (Wildman–Crippen MR) is 103 cm³/mol. The van der Waals surface area contributed by atoms with E-state index in [2.05, 4.69) is 16.7 Å². The molecule has 4 nitrogen and oxygen atoms in total. The van der Waals surface area contributed by atoms with E-state index in [9.17, 15) is 10.1 Å². The molecule has 0 bridgehead atoms. The Morgan fingerprint density at radius 3 is 2.60 bits per heavy atom. The Morgan fingerprint density at radius 2 is 1.96 bits per heavy atom. The highest BCUT2D eigenvalue weighted by atomic mass is 32.2. The van der Waals surface area contributed by atoms with Crippen molar-refractivity contribution in [2.75, 3.05) is 5.75 Å². The van der Waals surface area contributed by atoms with Crippen molar-refractivity contribution in [3.8, 4) is 0 Å². The molecule has 0 radical (unpaired) electrons. The minimum atomic E-state index is -0.292. The van der Waals surface area contributed by atoms with E-state index in [1.807, 2.05) is 13.0 Å². The Morgan fingerprint density at radius 1 is 1.24 bits per heavy atom. The molecule has 3 fully saturated rings. The van der Waals surface area contributed by atoms with Crippen molar-refractivity contribution in [1.29, 1.82) is 0 Å². The summed E-state index contributed by atoms with van der Waals surface area (Å²) in [7, 11) is 0. The molecule has 0 amide bonds. The number of non-ortho nitro benzene ring substituents is 1. The normalized spacial score (nSPS) is 26.7. The second-order valence-electron chi connectivity index (χ2n) is 8.11. The lowest BCUT2D eigenvalue weighted by molar-refractivity contribution is -0.384. The van der Waals surface area contributed by atoms with Crippen molar-refractivity contribution in [2.45, 2.75) is 81.7 Å². The lowest BCUT2D eigenvalue weighted by atomic mass is 9.93. The van der Waals surface area contributed by atoms with Gasteiger partial charge < -0.3 is 0 Å². The van der Waals surface area contributed by atoms with E-state index in [4.69, 9.17) is 0 Å². The summed E-state index contributed by atoms with van der Waals surface area (Å²) in [6.07, 6.45) is 12.0. The molecule has 1 saturated heterocycles. The van der Waals surface area contributed by atoms with Crippen LogP contribution in [0.1, 0.15) is 62.5 Å². The van der Waals surface area contributed by atoms with Gasteiger partial charge in [0, 0.05) is 29.5 Å². The summed E-state index contributed by atoms with van der Waals surface area (Å²) in [6, 6.07) is 6.16. The van der Waals surface area contributed by atoms with Crippen molar-refractivity contribution in [3.63, 3.8) is 0 Å². The number of nitro groups is 1. The van der Waals surface area contributed by atoms with E-state index >= 15 is 0 Å². The van der Waals surface area contributed by atoms with Gasteiger partial charge in [0.2, 0.25) is 0 Å². The SMILES string of the molecule is Cc1cc([N+](=O)[O-])ccc1CC1SCC2(CCCC2)N1C1CCCC1. The van der Waals surface area contributed by atoms with Crippen LogP contribution in [0.25, 0.3) is 0 Å². The van der Waals surface area contributed by atoms with Crippen molar-refractivity contribution in [3.05, 3.63) is 39.4 Å². The largest absolute Gasteiger partial charge is 0.282 e. The van der Waals surface area contributed by atoms with Gasteiger partial charge in [-0.25, -0.2) is 0 Å². The molecule has 0 N–H and O–H groups in total. The third kappa shape index (κ3) is 3.21. The maximum Gasteiger partial charge on any atom is 0.269 e. The monoisotopic (exact) mass is 360 g/mol. The van der Waals surface area contributed by atoms with Crippen molar-refractivity contribution in [2.24, 2.45) is 0 Å². The van der Waals surface area contributed by atoms with Crippen LogP contribution in [-0.4, -0.2) is 32.5 Å². The van der Waals surface area contributed by atoms with Crippen LogP contribution in [0, 0.1) is 17.0 Å². The molecule has 0 aromatic heterocycles. The third-order valence-corrected chi connectivity index (χ3v) is 8.07. The van der Waals surface area contributed by atoms with Crippen molar-refractivity contribution < 1.29 is 4.92 Å². The fraction of sp³-hybridized carbons (Fsp3) is 0.700. The number of rotatable bonds is 4. The van der Waals surface area contributed by atoms with Crippen molar-refractivity contribution >= 4 is 17.4 Å². The molecule has 3 aliphatic rings. The van der Waals surface area contributed by atoms with Crippen LogP contribution < -0.4 is 0 Å². The van der Waals surface area contributed by atoms with Gasteiger partial charge in [0.1, 0.15) is 0 Å². The number of hydrogen-bond acceptors (Lipinski definition) is 4. The number of thioether (sulfide) groups is 1. The minimum Gasteiger partial charge on any atom is -0.282 e. The van der Waals surface area contributed by atoms with Crippen molar-refractivity contribution in [1.82, 2.24) is 4.90 Å². The zero-order valence-electron chi connectivity index (χ0n) is 15.1. The third-order valence-electron chi connectivity index (χ3n) is 6.59. The van der Waals surface area contributed by atoms with Crippen LogP contribution in [-0.2, 0) is 6.42 Å². The molecule has 1 heterocycles. The highest BCUT2D eigenvalue weighted by molar-refractivity contribution is 8.00. The predicted octanol–water partition coefficient (Wildman–Crippen LogP) is 5.08. The maximum absolute atomic E-state index is 11.0. The van der Waals surface area contributed by atoms with Crippen LogP contribution >= 0.6 is 11.8 Å². The first-order chi connectivity index (χ1) is 12.1. The number of benzene rings is 1. The zero-order valence-corrected chi connectivity index (χ0v) is 15.9. The van der Waals surface area contributed by atoms with E-state index in [1.54, 1.807) is 12.1 Å². The van der Waals surface area contributed by atoms with Crippen LogP contribution in [0.2, 0.25) is 0 Å². The van der Waals surface area contributed by atoms with E-state index < -0.39 is 0 Å². The van der Waals surface area contributed by atoms with Crippen LogP contribution in [0.4, 0.5) is 5.69 Å². The minimum absolute atomic E-state index is 0.209. The first-order valence-corrected chi connectivity index (χ1v) is 10.8. The van der Waals surface area contributed by atoms with Gasteiger partial charge in [-0.15, -0.1) is 11.8 Å². The zero-order chi connectivity index (χ0) is 17.4. The highest BCUT2D eigenvalue weighted by Gasteiger charge is 2.51. The molecule has 1 spiro atoms. The molecule has 2 saturated carbocycles. The molecule has 1 aliphatic heterocycles. The standard InChI is InChI=1S/C20H28N2O2S/c1-15-12-18(22(23)24)9-8-16(15)13-19-21(17-6-2-3-7-17)20(14-25-19)10-4-5-11-20/h8-9,12,17,19H,2-7,10-11,13-14H2,1H3. The first-order valence-electron chi connectivity index (χ1n) is 9.73. The average Bonchev–Trinajstić information content (AvgIpc) is 3.32. The molecule has 25 heavy (non-hydrogen) atoms. The van der Waals surface area contributed by atoms with Gasteiger partial charge >= 0.3 is 0 Å². The Balaban J connectivity index is 1.57. The van der Waals surface area contributed by atoms with E-state index in [0.717, 1.165) is 18.0 Å². The lowest BCUT2D eigenvalue weighted by Gasteiger charge is -2.42. The summed E-state index contributed by atoms with van der Waals surface area (Å²) in [5, 5.41) is 11.5. The number of aryl methyl sites for hydroxylation is 1. The molecule has 1 atom stereocenters. The number of hydrogen-bond donors (Lipinski definition) is 0. The number of nitrogens with zero attached hydrogens (tertiary/aromatic N) is 2.